The Hall–Kier alpha value is -17.8. The number of aromatic nitrogens is 8. The van der Waals surface area contributed by atoms with Gasteiger partial charge in [-0.25, -0.2) is 29.9 Å². The van der Waals surface area contributed by atoms with Gasteiger partial charge in [0.2, 0.25) is 0 Å². The number of nitrogens with zero attached hydrogens (tertiary/aromatic N) is 6. The van der Waals surface area contributed by atoms with Gasteiger partial charge < -0.3 is 47.9 Å². The van der Waals surface area contributed by atoms with Gasteiger partial charge in [0.05, 0.1) is 0 Å². The summed E-state index contributed by atoms with van der Waals surface area (Å²) >= 11 is 0. The highest BCUT2D eigenvalue weighted by Crippen LogP contribution is 2.51. The molecule has 20 aromatic carbocycles. The van der Waals surface area contributed by atoms with Gasteiger partial charge in [-0.2, -0.15) is 0 Å². The first-order chi connectivity index (χ1) is 63.2. The minimum Gasteiger partial charge on any atom is -0.453 e. The molecule has 2 N–H and O–H groups in total. The largest absolute Gasteiger partial charge is 0.453 e. The zero-order valence-electron chi connectivity index (χ0n) is 67.9. The van der Waals surface area contributed by atoms with E-state index in [-0.39, 0.29) is 23.3 Å². The summed E-state index contributed by atoms with van der Waals surface area (Å²) in [7, 11) is 0. The van der Waals surface area contributed by atoms with Gasteiger partial charge in [0.25, 0.3) is 0 Å². The molecule has 16 nitrogen and oxygen atoms in total. The van der Waals surface area contributed by atoms with Crippen molar-refractivity contribution in [2.45, 2.75) is 0 Å². The molecule has 25 rings (SSSR count). The maximum absolute atomic E-state index is 7.17. The quantitative estimate of drug-likeness (QED) is 0.0932. The molecule has 2 aliphatic rings. The first-order valence-electron chi connectivity index (χ1n) is 42.1. The molecule has 5 heterocycles. The molecule has 3 aromatic heterocycles. The van der Waals surface area contributed by atoms with Gasteiger partial charge >= 0.3 is 0 Å². The molecule has 0 radical (unpaired) electrons. The number of rotatable bonds is 16. The summed E-state index contributed by atoms with van der Waals surface area (Å²) in [5, 5.41) is 18.7. The maximum Gasteiger partial charge on any atom is 0.170 e. The molecule has 0 amide bonds. The number of benzene rings is 20. The van der Waals surface area contributed by atoms with Gasteiger partial charge in [-0.05, 0) is 232 Å². The Balaban J connectivity index is 0.781. The van der Waals surface area contributed by atoms with E-state index in [1.807, 2.05) is 291 Å². The van der Waals surface area contributed by atoms with Crippen molar-refractivity contribution in [3.05, 3.63) is 388 Å². The topological polar surface area (TPSA) is 183 Å². The van der Waals surface area contributed by atoms with Crippen LogP contribution in [0.4, 0.5) is 0 Å². The highest BCUT2D eigenvalue weighted by Gasteiger charge is 2.30. The Morgan fingerprint density at radius 1 is 0.141 bits per heavy atom. The lowest BCUT2D eigenvalue weighted by Gasteiger charge is -2.15. The van der Waals surface area contributed by atoms with Crippen molar-refractivity contribution in [3.8, 4) is 138 Å². The summed E-state index contributed by atoms with van der Waals surface area (Å²) in [6.45, 7) is 0. The Labute approximate surface area is 729 Å². The van der Waals surface area contributed by atoms with E-state index in [9.17, 15) is 0 Å². The minimum atomic E-state index is 0.260. The van der Waals surface area contributed by atoms with Crippen LogP contribution in [0, 0.1) is 0 Å². The van der Waals surface area contributed by atoms with Crippen molar-refractivity contribution < 1.29 is 37.9 Å². The van der Waals surface area contributed by atoms with Crippen molar-refractivity contribution in [2.75, 3.05) is 0 Å². The van der Waals surface area contributed by atoms with Gasteiger partial charge in [0.15, 0.2) is 69.3 Å². The van der Waals surface area contributed by atoms with E-state index in [0.29, 0.717) is 158 Å². The van der Waals surface area contributed by atoms with Crippen LogP contribution in [0.25, 0.3) is 176 Å². The molecule has 2 aliphatic heterocycles. The SMILES string of the molecule is c1ccc2cc(Oc3cc4c(cc3Oc3ccc5ccccc5c3)-c3nc-4nc4[nH]c(nc5nc(nc6[nH]c(n3)c3cc(Oc7ccc8ccccc8c7)c(Oc7ccc8ccccc8c7)cc63)-c3cc(Oc6ccc7ccccc7c6)c(Oc6ccc7ccccc7c6)cc3-5)c3cc(Oc5ccc6ccccc6c5)c(Oc5ccc6ccccc6c5)cc43)ccc2c1. The fraction of sp³-hybridized carbons (Fsp3) is 0. The summed E-state index contributed by atoms with van der Waals surface area (Å²) in [6.07, 6.45) is 0. The lowest BCUT2D eigenvalue weighted by Crippen LogP contribution is -1.94. The summed E-state index contributed by atoms with van der Waals surface area (Å²) in [5.74, 6) is 8.60. The predicted molar refractivity (Wildman–Crippen MR) is 508 cm³/mol. The second-order valence-corrected chi connectivity index (χ2v) is 31.9. The second-order valence-electron chi connectivity index (χ2n) is 31.9. The normalized spacial score (nSPS) is 11.8. The molecule has 8 bridgehead atoms. The van der Waals surface area contributed by atoms with Gasteiger partial charge in [-0.15, -0.1) is 0 Å². The molecule has 0 saturated heterocycles. The Kier molecular flexibility index (Phi) is 17.2. The fourth-order valence-corrected chi connectivity index (χ4v) is 17.3. The predicted octanol–water partition coefficient (Wildman–Crippen LogP) is 30.4. The zero-order valence-corrected chi connectivity index (χ0v) is 67.9. The number of fused-ring (bicyclic) bond motifs is 28. The van der Waals surface area contributed by atoms with Crippen LogP contribution in [0.15, 0.2) is 388 Å². The third-order valence-corrected chi connectivity index (χ3v) is 23.7. The summed E-state index contributed by atoms with van der Waals surface area (Å²) in [4.78, 5) is 41.6. The number of hydrogen-bond acceptors (Lipinski definition) is 14. The van der Waals surface area contributed by atoms with E-state index >= 15 is 0 Å². The molecule has 0 spiro atoms. The number of nitrogens with one attached hydrogen (secondary N) is 2. The molecule has 128 heavy (non-hydrogen) atoms. The summed E-state index contributed by atoms with van der Waals surface area (Å²) < 4.78 is 57.3. The second kappa shape index (κ2) is 30.1. The molecule has 0 atom stereocenters. The van der Waals surface area contributed by atoms with Crippen molar-refractivity contribution >= 4 is 130 Å². The van der Waals surface area contributed by atoms with Gasteiger partial charge in [0.1, 0.15) is 68.6 Å². The minimum absolute atomic E-state index is 0.260. The van der Waals surface area contributed by atoms with Crippen molar-refractivity contribution in [1.82, 2.24) is 39.9 Å². The van der Waals surface area contributed by atoms with Gasteiger partial charge in [-0.1, -0.05) is 243 Å². The molecule has 16 heteroatoms. The van der Waals surface area contributed by atoms with E-state index in [0.717, 1.165) is 86.2 Å². The standard InChI is InChI=1S/C112H66N8O8/c1-9-25-73-49-81(41-33-65(73)17-1)121-97-57-89-90(58-98(97)122-82-42-34-66-18-2-10-26-74(66)50-82)106-113-105(89)117-107-91-59-99(123-83-43-35-67-19-3-11-27-75(67)51-83)100(124-84-44-36-68-20-4-12-28-76(68)52-84)60-92(91)109(114-107)119-111-95-63-103(127-87-47-39-71-23-7-15-31-79(71)55-87)104(128-88-48-40-72-24-8-16-32-80(72)56-88)64-96(95)112(116-111)120-110-94-62-102(126-86-46-38-70-22-6-14-30-78(70)54-86)101(61-93(94)108(115-110)118-106)125-85-45-37-69-21-5-13-29-77(69)53-85/h1-64H,(H2,113,114,115,116,117,118,119,120). The van der Waals surface area contributed by atoms with Gasteiger partial charge in [0, 0.05) is 43.8 Å². The fourth-order valence-electron chi connectivity index (χ4n) is 17.3. The zero-order chi connectivity index (χ0) is 84.3. The van der Waals surface area contributed by atoms with E-state index in [1.165, 1.54) is 0 Å². The van der Waals surface area contributed by atoms with Crippen molar-refractivity contribution in [3.63, 3.8) is 0 Å². The lowest BCUT2D eigenvalue weighted by atomic mass is 10.1. The molecule has 0 aliphatic carbocycles. The first kappa shape index (κ1) is 73.0. The van der Waals surface area contributed by atoms with Crippen LogP contribution >= 0.6 is 0 Å². The molecular formula is C112H66N8O8. The summed E-state index contributed by atoms with van der Waals surface area (Å²) in [6, 6.07) is 129. The van der Waals surface area contributed by atoms with E-state index in [1.54, 1.807) is 0 Å². The average molecular weight is 1650 g/mol. The first-order valence-corrected chi connectivity index (χ1v) is 42.1. The Bertz CT molecular complexity index is 7790. The summed E-state index contributed by atoms with van der Waals surface area (Å²) in [5.41, 5.74) is 3.61. The third-order valence-electron chi connectivity index (χ3n) is 23.7. The van der Waals surface area contributed by atoms with Crippen LogP contribution in [-0.2, 0) is 0 Å². The van der Waals surface area contributed by atoms with Crippen LogP contribution in [0.2, 0.25) is 0 Å². The molecule has 0 saturated carbocycles. The Morgan fingerprint density at radius 2 is 0.289 bits per heavy atom. The Morgan fingerprint density at radius 3 is 0.453 bits per heavy atom. The maximum atomic E-state index is 7.17. The smallest absolute Gasteiger partial charge is 0.170 e. The van der Waals surface area contributed by atoms with Crippen LogP contribution < -0.4 is 37.9 Å². The van der Waals surface area contributed by atoms with E-state index in [4.69, 9.17) is 67.8 Å². The van der Waals surface area contributed by atoms with Crippen LogP contribution in [0.1, 0.15) is 0 Å². The van der Waals surface area contributed by atoms with Crippen molar-refractivity contribution in [2.24, 2.45) is 0 Å². The number of hydrogen-bond donors (Lipinski definition) is 2. The number of ether oxygens (including phenoxy) is 8. The van der Waals surface area contributed by atoms with Crippen LogP contribution in [0.5, 0.6) is 92.0 Å². The third kappa shape index (κ3) is 13.6. The number of aromatic amines is 2. The highest BCUT2D eigenvalue weighted by atomic mass is 16.5. The number of H-pyrrole nitrogens is 2. The van der Waals surface area contributed by atoms with Crippen LogP contribution in [-0.4, -0.2) is 39.9 Å². The van der Waals surface area contributed by atoms with E-state index < -0.39 is 0 Å². The molecule has 23 aromatic rings. The van der Waals surface area contributed by atoms with E-state index in [2.05, 4.69) is 107 Å². The molecular weight excluding hydrogens is 1590 g/mol. The molecule has 602 valence electrons. The molecule has 0 fully saturated rings. The molecule has 0 unspecified atom stereocenters. The van der Waals surface area contributed by atoms with Crippen molar-refractivity contribution in [1.29, 1.82) is 0 Å². The average Bonchev–Trinajstić information content (AvgIpc) is 1.58. The monoisotopic (exact) mass is 1650 g/mol. The van der Waals surface area contributed by atoms with Crippen LogP contribution in [0.3, 0.4) is 0 Å². The lowest BCUT2D eigenvalue weighted by molar-refractivity contribution is 0.420. The highest BCUT2D eigenvalue weighted by molar-refractivity contribution is 6.09. The van der Waals surface area contributed by atoms with Gasteiger partial charge in [-0.3, -0.25) is 0 Å².